The van der Waals surface area contributed by atoms with Crippen LogP contribution in [0.1, 0.15) is 48.3 Å². The number of ether oxygens (including phenoxy) is 2. The SMILES string of the molecule is COc1cc([C@@H]2C(C(=O)OCCc3ccccc3)=C(C)NC3=C2C(=O)C[C@@H](c2ccccc2)C3)ccc1O. The molecule has 0 aromatic heterocycles. The maximum Gasteiger partial charge on any atom is 0.336 e. The lowest BCUT2D eigenvalue weighted by Crippen LogP contribution is -2.36. The molecule has 6 heteroatoms. The molecule has 3 aromatic carbocycles. The van der Waals surface area contributed by atoms with E-state index in [1.165, 1.54) is 13.2 Å². The maximum absolute atomic E-state index is 13.7. The van der Waals surface area contributed by atoms with E-state index in [1.807, 2.05) is 67.6 Å². The summed E-state index contributed by atoms with van der Waals surface area (Å²) in [5.74, 6) is -0.778. The highest BCUT2D eigenvalue weighted by molar-refractivity contribution is 6.04. The van der Waals surface area contributed by atoms with E-state index in [1.54, 1.807) is 12.1 Å². The number of aromatic hydroxyl groups is 1. The number of hydrogen-bond acceptors (Lipinski definition) is 6. The summed E-state index contributed by atoms with van der Waals surface area (Å²) >= 11 is 0. The highest BCUT2D eigenvalue weighted by Gasteiger charge is 2.41. The van der Waals surface area contributed by atoms with Crippen LogP contribution in [0.15, 0.2) is 101 Å². The van der Waals surface area contributed by atoms with Crippen LogP contribution in [-0.2, 0) is 20.7 Å². The van der Waals surface area contributed by atoms with Crippen molar-refractivity contribution in [2.24, 2.45) is 0 Å². The van der Waals surface area contributed by atoms with Crippen molar-refractivity contribution in [2.45, 2.75) is 38.0 Å². The lowest BCUT2D eigenvalue weighted by molar-refractivity contribution is -0.139. The summed E-state index contributed by atoms with van der Waals surface area (Å²) in [4.78, 5) is 27.3. The Morgan fingerprint density at radius 3 is 2.39 bits per heavy atom. The van der Waals surface area contributed by atoms with Crippen molar-refractivity contribution in [3.05, 3.63) is 118 Å². The molecule has 6 nitrogen and oxygen atoms in total. The normalized spacial score (nSPS) is 19.1. The summed E-state index contributed by atoms with van der Waals surface area (Å²) in [7, 11) is 1.47. The number of carbonyl (C=O) groups is 2. The second kappa shape index (κ2) is 11.0. The van der Waals surface area contributed by atoms with Crippen LogP contribution < -0.4 is 10.1 Å². The summed E-state index contributed by atoms with van der Waals surface area (Å²) in [5, 5.41) is 13.6. The Hall–Kier alpha value is -4.32. The van der Waals surface area contributed by atoms with Crippen molar-refractivity contribution in [2.75, 3.05) is 13.7 Å². The number of dihydropyridines is 1. The Morgan fingerprint density at radius 1 is 0.974 bits per heavy atom. The highest BCUT2D eigenvalue weighted by Crippen LogP contribution is 2.46. The van der Waals surface area contributed by atoms with Crippen LogP contribution in [0.4, 0.5) is 0 Å². The molecular formula is C32H31NO5. The van der Waals surface area contributed by atoms with E-state index in [-0.39, 0.29) is 29.8 Å². The Balaban J connectivity index is 1.50. The molecule has 0 fully saturated rings. The van der Waals surface area contributed by atoms with Crippen molar-refractivity contribution in [3.8, 4) is 11.5 Å². The topological polar surface area (TPSA) is 84.9 Å². The minimum Gasteiger partial charge on any atom is -0.504 e. The second-order valence-corrected chi connectivity index (χ2v) is 9.73. The molecule has 0 saturated carbocycles. The van der Waals surface area contributed by atoms with Gasteiger partial charge in [-0.2, -0.15) is 0 Å². The van der Waals surface area contributed by atoms with Crippen molar-refractivity contribution in [3.63, 3.8) is 0 Å². The number of esters is 1. The van der Waals surface area contributed by atoms with Crippen LogP contribution in [0, 0.1) is 0 Å². The third-order valence-corrected chi connectivity index (χ3v) is 7.32. The second-order valence-electron chi connectivity index (χ2n) is 9.73. The monoisotopic (exact) mass is 509 g/mol. The number of phenols is 1. The van der Waals surface area contributed by atoms with Gasteiger partial charge in [0.25, 0.3) is 0 Å². The number of methoxy groups -OCH3 is 1. The summed E-state index contributed by atoms with van der Waals surface area (Å²) in [5.41, 5.74) is 5.34. The van der Waals surface area contributed by atoms with Crippen LogP contribution in [0.25, 0.3) is 0 Å². The van der Waals surface area contributed by atoms with Crippen molar-refractivity contribution in [1.29, 1.82) is 0 Å². The number of Topliss-reactive ketones (excluding diaryl/α,β-unsaturated/α-hetero) is 1. The molecule has 2 N–H and O–H groups in total. The van der Waals surface area contributed by atoms with Crippen LogP contribution in [0.2, 0.25) is 0 Å². The number of hydrogen-bond donors (Lipinski definition) is 2. The van der Waals surface area contributed by atoms with Crippen LogP contribution in [0.5, 0.6) is 11.5 Å². The fourth-order valence-electron chi connectivity index (χ4n) is 5.46. The zero-order chi connectivity index (χ0) is 26.6. The van der Waals surface area contributed by atoms with Gasteiger partial charge in [0.2, 0.25) is 0 Å². The van der Waals surface area contributed by atoms with Gasteiger partial charge in [0.1, 0.15) is 0 Å². The first-order valence-electron chi connectivity index (χ1n) is 12.8. The lowest BCUT2D eigenvalue weighted by atomic mass is 9.71. The zero-order valence-corrected chi connectivity index (χ0v) is 21.6. The summed E-state index contributed by atoms with van der Waals surface area (Å²) in [6.45, 7) is 2.07. The number of rotatable bonds is 7. The minimum atomic E-state index is -0.630. The summed E-state index contributed by atoms with van der Waals surface area (Å²) in [6, 6.07) is 24.8. The molecule has 1 aliphatic heterocycles. The molecular weight excluding hydrogens is 478 g/mol. The Morgan fingerprint density at radius 2 is 1.68 bits per heavy atom. The molecule has 0 amide bonds. The van der Waals surface area contributed by atoms with Crippen molar-refractivity contribution in [1.82, 2.24) is 5.32 Å². The number of nitrogens with one attached hydrogen (secondary N) is 1. The van der Waals surface area contributed by atoms with Gasteiger partial charge in [-0.15, -0.1) is 0 Å². The third-order valence-electron chi connectivity index (χ3n) is 7.32. The van der Waals surface area contributed by atoms with E-state index >= 15 is 0 Å². The number of ketones is 1. The van der Waals surface area contributed by atoms with E-state index in [2.05, 4.69) is 5.32 Å². The van der Waals surface area contributed by atoms with Gasteiger partial charge < -0.3 is 19.9 Å². The molecule has 0 radical (unpaired) electrons. The van der Waals surface area contributed by atoms with E-state index in [4.69, 9.17) is 9.47 Å². The average molecular weight is 510 g/mol. The number of phenolic OH excluding ortho intramolecular Hbond substituents is 1. The molecule has 0 spiro atoms. The predicted octanol–water partition coefficient (Wildman–Crippen LogP) is 5.55. The van der Waals surface area contributed by atoms with Gasteiger partial charge in [0.15, 0.2) is 17.3 Å². The Bertz CT molecular complexity index is 1410. The minimum absolute atomic E-state index is 0.00766. The van der Waals surface area contributed by atoms with Gasteiger partial charge in [0.05, 0.1) is 19.3 Å². The van der Waals surface area contributed by atoms with Crippen molar-refractivity contribution >= 4 is 11.8 Å². The van der Waals surface area contributed by atoms with Crippen molar-refractivity contribution < 1.29 is 24.2 Å². The van der Waals surface area contributed by atoms with Crippen LogP contribution >= 0.6 is 0 Å². The zero-order valence-electron chi connectivity index (χ0n) is 21.6. The lowest BCUT2D eigenvalue weighted by Gasteiger charge is -2.36. The van der Waals surface area contributed by atoms with Gasteiger partial charge in [-0.05, 0) is 48.1 Å². The Kier molecular flexibility index (Phi) is 7.31. The number of allylic oxidation sites excluding steroid dienone is 3. The predicted molar refractivity (Wildman–Crippen MR) is 145 cm³/mol. The Labute approximate surface area is 222 Å². The van der Waals surface area contributed by atoms with Gasteiger partial charge in [0, 0.05) is 35.7 Å². The van der Waals surface area contributed by atoms with E-state index < -0.39 is 11.9 Å². The molecule has 5 rings (SSSR count). The quantitative estimate of drug-likeness (QED) is 0.407. The van der Waals surface area contributed by atoms with E-state index in [9.17, 15) is 14.7 Å². The largest absolute Gasteiger partial charge is 0.504 e. The molecule has 38 heavy (non-hydrogen) atoms. The first-order chi connectivity index (χ1) is 18.5. The molecule has 3 aromatic rings. The maximum atomic E-state index is 13.7. The van der Waals surface area contributed by atoms with Gasteiger partial charge in [-0.1, -0.05) is 66.7 Å². The smallest absolute Gasteiger partial charge is 0.336 e. The average Bonchev–Trinajstić information content (AvgIpc) is 2.93. The molecule has 0 saturated heterocycles. The summed E-state index contributed by atoms with van der Waals surface area (Å²) < 4.78 is 11.1. The molecule has 2 atom stereocenters. The standard InChI is InChI=1S/C32H31NO5/c1-20-29(32(36)38-16-15-21-9-5-3-6-10-21)30(23-13-14-26(34)28(19-23)37-2)31-25(33-20)17-24(18-27(31)35)22-11-7-4-8-12-22/h3-14,19,24,30,33-34H,15-18H2,1-2H3/t24-,30+/m0/s1. The first kappa shape index (κ1) is 25.3. The highest BCUT2D eigenvalue weighted by atomic mass is 16.5. The van der Waals surface area contributed by atoms with E-state index in [0.717, 1.165) is 16.8 Å². The molecule has 1 aliphatic carbocycles. The van der Waals surface area contributed by atoms with Gasteiger partial charge in [-0.25, -0.2) is 4.79 Å². The fourth-order valence-corrected chi connectivity index (χ4v) is 5.46. The molecule has 2 aliphatic rings. The van der Waals surface area contributed by atoms with Gasteiger partial charge >= 0.3 is 5.97 Å². The molecule has 0 bridgehead atoms. The summed E-state index contributed by atoms with van der Waals surface area (Å²) in [6.07, 6.45) is 1.60. The van der Waals surface area contributed by atoms with Crippen LogP contribution in [-0.4, -0.2) is 30.6 Å². The number of carbonyl (C=O) groups excluding carboxylic acids is 2. The van der Waals surface area contributed by atoms with Crippen LogP contribution in [0.3, 0.4) is 0 Å². The molecule has 194 valence electrons. The van der Waals surface area contributed by atoms with E-state index in [0.29, 0.717) is 41.7 Å². The first-order valence-corrected chi connectivity index (χ1v) is 12.8. The molecule has 0 unspecified atom stereocenters. The third kappa shape index (κ3) is 5.07. The number of benzene rings is 3. The fraction of sp³-hybridized carbons (Fsp3) is 0.250. The van der Waals surface area contributed by atoms with Gasteiger partial charge in [-0.3, -0.25) is 4.79 Å². The molecule has 1 heterocycles.